The van der Waals surface area contributed by atoms with E-state index >= 15 is 0 Å². The van der Waals surface area contributed by atoms with E-state index in [0.29, 0.717) is 42.9 Å². The van der Waals surface area contributed by atoms with E-state index in [2.05, 4.69) is 10.6 Å². The molecular weight excluding hydrogens is 426 g/mol. The summed E-state index contributed by atoms with van der Waals surface area (Å²) in [5.74, 6) is -0.395. The predicted molar refractivity (Wildman–Crippen MR) is 125 cm³/mol. The molecule has 1 aliphatic heterocycles. The van der Waals surface area contributed by atoms with Gasteiger partial charge in [0.15, 0.2) is 0 Å². The summed E-state index contributed by atoms with van der Waals surface area (Å²) in [4.78, 5) is 24.6. The summed E-state index contributed by atoms with van der Waals surface area (Å²) in [5, 5.41) is 5.57. The van der Waals surface area contributed by atoms with Crippen LogP contribution >= 0.6 is 0 Å². The zero-order valence-electron chi connectivity index (χ0n) is 18.5. The summed E-state index contributed by atoms with van der Waals surface area (Å²) >= 11 is 0. The molecule has 0 radical (unpaired) electrons. The molecular formula is C24H31N3O4S. The first-order valence-corrected chi connectivity index (χ1v) is 12.6. The summed E-state index contributed by atoms with van der Waals surface area (Å²) in [6.45, 7) is 3.22. The molecule has 0 aromatic heterocycles. The van der Waals surface area contributed by atoms with Crippen LogP contribution in [-0.2, 0) is 14.8 Å². The minimum Gasteiger partial charge on any atom is -0.352 e. The van der Waals surface area contributed by atoms with E-state index < -0.39 is 10.0 Å². The molecule has 0 unspecified atom stereocenters. The summed E-state index contributed by atoms with van der Waals surface area (Å²) in [7, 11) is -3.60. The number of carbonyl (C=O) groups excluding carboxylic acids is 2. The molecule has 172 valence electrons. The van der Waals surface area contributed by atoms with Crippen molar-refractivity contribution in [2.75, 3.05) is 25.0 Å². The molecule has 7 nitrogen and oxygen atoms in total. The van der Waals surface area contributed by atoms with Crippen LogP contribution < -0.4 is 10.6 Å². The van der Waals surface area contributed by atoms with E-state index in [0.717, 1.165) is 25.7 Å². The number of rotatable bonds is 8. The maximum Gasteiger partial charge on any atom is 0.251 e. The Labute approximate surface area is 190 Å². The van der Waals surface area contributed by atoms with Gasteiger partial charge in [0.25, 0.3) is 5.91 Å². The number of amides is 2. The van der Waals surface area contributed by atoms with Crippen LogP contribution in [0.5, 0.6) is 0 Å². The van der Waals surface area contributed by atoms with Gasteiger partial charge in [0.2, 0.25) is 15.9 Å². The normalized spacial score (nSPS) is 15.0. The van der Waals surface area contributed by atoms with E-state index in [1.165, 1.54) is 0 Å². The molecule has 0 spiro atoms. The fourth-order valence-electron chi connectivity index (χ4n) is 3.74. The molecule has 3 rings (SSSR count). The molecule has 0 bridgehead atoms. The summed E-state index contributed by atoms with van der Waals surface area (Å²) in [5.41, 5.74) is 1.70. The van der Waals surface area contributed by atoms with Crippen LogP contribution in [0.4, 0.5) is 5.69 Å². The highest BCUT2D eigenvalue weighted by Crippen LogP contribution is 2.26. The lowest BCUT2D eigenvalue weighted by atomic mass is 10.2. The minimum absolute atomic E-state index is 0.173. The molecule has 2 amide bonds. The second-order valence-electron chi connectivity index (χ2n) is 8.07. The SMILES string of the molecule is Cc1ccc(NC(=O)CCCNC(=O)c2ccccc2)cc1S(=O)(=O)N1CCCCCC1. The van der Waals surface area contributed by atoms with Gasteiger partial charge in [0.05, 0.1) is 4.90 Å². The molecule has 32 heavy (non-hydrogen) atoms. The second kappa shape index (κ2) is 11.2. The maximum absolute atomic E-state index is 13.2. The summed E-state index contributed by atoms with van der Waals surface area (Å²) in [6.07, 6.45) is 4.54. The van der Waals surface area contributed by atoms with Gasteiger partial charge in [-0.05, 0) is 56.0 Å². The van der Waals surface area contributed by atoms with Crippen molar-refractivity contribution in [3.8, 4) is 0 Å². The molecule has 2 aromatic rings. The highest BCUT2D eigenvalue weighted by molar-refractivity contribution is 7.89. The van der Waals surface area contributed by atoms with Crippen LogP contribution in [0.25, 0.3) is 0 Å². The number of hydrogen-bond donors (Lipinski definition) is 2. The Morgan fingerprint density at radius 2 is 1.66 bits per heavy atom. The first kappa shape index (κ1) is 23.9. The topological polar surface area (TPSA) is 95.6 Å². The van der Waals surface area contributed by atoms with Gasteiger partial charge in [-0.3, -0.25) is 9.59 Å². The fourth-order valence-corrected chi connectivity index (χ4v) is 5.51. The molecule has 2 aromatic carbocycles. The molecule has 1 heterocycles. The van der Waals surface area contributed by atoms with Crippen molar-refractivity contribution in [1.29, 1.82) is 0 Å². The number of nitrogens with one attached hydrogen (secondary N) is 2. The lowest BCUT2D eigenvalue weighted by Gasteiger charge is -2.21. The first-order valence-electron chi connectivity index (χ1n) is 11.1. The second-order valence-corrected chi connectivity index (χ2v) is 9.98. The lowest BCUT2D eigenvalue weighted by Crippen LogP contribution is -2.32. The van der Waals surface area contributed by atoms with Gasteiger partial charge in [0, 0.05) is 37.3 Å². The lowest BCUT2D eigenvalue weighted by molar-refractivity contribution is -0.116. The minimum atomic E-state index is -3.60. The van der Waals surface area contributed by atoms with Gasteiger partial charge in [-0.25, -0.2) is 8.42 Å². The van der Waals surface area contributed by atoms with Crippen LogP contribution in [0.15, 0.2) is 53.4 Å². The third-order valence-electron chi connectivity index (χ3n) is 5.56. The van der Waals surface area contributed by atoms with Gasteiger partial charge < -0.3 is 10.6 Å². The Morgan fingerprint density at radius 3 is 2.34 bits per heavy atom. The van der Waals surface area contributed by atoms with Crippen molar-refractivity contribution in [1.82, 2.24) is 9.62 Å². The number of aryl methyl sites for hydroxylation is 1. The van der Waals surface area contributed by atoms with Crippen LogP contribution in [0.2, 0.25) is 0 Å². The molecule has 8 heteroatoms. The molecule has 1 aliphatic rings. The Bertz CT molecular complexity index is 1030. The zero-order chi connectivity index (χ0) is 23.0. The van der Waals surface area contributed by atoms with Crippen molar-refractivity contribution in [2.45, 2.75) is 50.3 Å². The molecule has 1 saturated heterocycles. The highest BCUT2D eigenvalue weighted by Gasteiger charge is 2.27. The number of sulfonamides is 1. The van der Waals surface area contributed by atoms with E-state index in [-0.39, 0.29) is 23.1 Å². The molecule has 1 fully saturated rings. The van der Waals surface area contributed by atoms with Gasteiger partial charge in [0.1, 0.15) is 0 Å². The van der Waals surface area contributed by atoms with Crippen LogP contribution in [0.3, 0.4) is 0 Å². The van der Waals surface area contributed by atoms with Gasteiger partial charge in [-0.15, -0.1) is 0 Å². The van der Waals surface area contributed by atoms with Crippen molar-refractivity contribution >= 4 is 27.5 Å². The number of benzene rings is 2. The van der Waals surface area contributed by atoms with Gasteiger partial charge in [-0.2, -0.15) is 4.31 Å². The van der Waals surface area contributed by atoms with E-state index in [1.54, 1.807) is 53.7 Å². The summed E-state index contributed by atoms with van der Waals surface area (Å²) < 4.78 is 27.9. The van der Waals surface area contributed by atoms with Crippen molar-refractivity contribution < 1.29 is 18.0 Å². The third kappa shape index (κ3) is 6.40. The number of anilines is 1. The Morgan fingerprint density at radius 1 is 0.969 bits per heavy atom. The third-order valence-corrected chi connectivity index (χ3v) is 7.60. The van der Waals surface area contributed by atoms with Gasteiger partial charge >= 0.3 is 0 Å². The molecule has 0 atom stereocenters. The molecule has 2 N–H and O–H groups in total. The van der Waals surface area contributed by atoms with Gasteiger partial charge in [-0.1, -0.05) is 37.1 Å². The average molecular weight is 458 g/mol. The predicted octanol–water partition coefficient (Wildman–Crippen LogP) is 3.71. The number of nitrogens with zero attached hydrogens (tertiary/aromatic N) is 1. The zero-order valence-corrected chi connectivity index (χ0v) is 19.3. The summed E-state index contributed by atoms with van der Waals surface area (Å²) in [6, 6.07) is 13.9. The van der Waals surface area contributed by atoms with Crippen LogP contribution in [-0.4, -0.2) is 44.2 Å². The Hall–Kier alpha value is -2.71. The smallest absolute Gasteiger partial charge is 0.251 e. The van der Waals surface area contributed by atoms with E-state index in [9.17, 15) is 18.0 Å². The standard InChI is InChI=1S/C24H31N3O4S/c1-19-13-14-21(18-22(19)32(30,31)27-16-7-2-3-8-17-27)26-23(28)12-9-15-25-24(29)20-10-5-4-6-11-20/h4-6,10-11,13-14,18H,2-3,7-9,12,15-17H2,1H3,(H,25,29)(H,26,28). The Balaban J connectivity index is 1.54. The van der Waals surface area contributed by atoms with E-state index in [4.69, 9.17) is 0 Å². The van der Waals surface area contributed by atoms with Crippen molar-refractivity contribution in [2.24, 2.45) is 0 Å². The van der Waals surface area contributed by atoms with E-state index in [1.807, 2.05) is 6.07 Å². The quantitative estimate of drug-likeness (QED) is 0.591. The van der Waals surface area contributed by atoms with Crippen LogP contribution in [0, 0.1) is 6.92 Å². The molecule has 0 aliphatic carbocycles. The maximum atomic E-state index is 13.2. The van der Waals surface area contributed by atoms with Crippen molar-refractivity contribution in [3.63, 3.8) is 0 Å². The first-order chi connectivity index (χ1) is 15.4. The largest absolute Gasteiger partial charge is 0.352 e. The number of carbonyl (C=O) groups is 2. The Kier molecular flexibility index (Phi) is 8.41. The van der Waals surface area contributed by atoms with Crippen molar-refractivity contribution in [3.05, 3.63) is 59.7 Å². The monoisotopic (exact) mass is 457 g/mol. The highest BCUT2D eigenvalue weighted by atomic mass is 32.2. The average Bonchev–Trinajstić information content (AvgIpc) is 3.09. The fraction of sp³-hybridized carbons (Fsp3) is 0.417. The molecule has 0 saturated carbocycles. The van der Waals surface area contributed by atoms with Crippen LogP contribution in [0.1, 0.15) is 54.4 Å². The number of hydrogen-bond acceptors (Lipinski definition) is 4.